The van der Waals surface area contributed by atoms with Crippen LogP contribution in [0.15, 0.2) is 72.8 Å². The fourth-order valence-electron chi connectivity index (χ4n) is 3.35. The van der Waals surface area contributed by atoms with E-state index in [1.54, 1.807) is 38.3 Å². The molecule has 0 saturated heterocycles. The van der Waals surface area contributed by atoms with Gasteiger partial charge in [0.2, 0.25) is 5.95 Å². The van der Waals surface area contributed by atoms with E-state index in [0.717, 1.165) is 29.0 Å². The summed E-state index contributed by atoms with van der Waals surface area (Å²) in [5.41, 5.74) is 4.21. The predicted octanol–water partition coefficient (Wildman–Crippen LogP) is 5.70. The van der Waals surface area contributed by atoms with Crippen LogP contribution in [0.25, 0.3) is 22.8 Å². The van der Waals surface area contributed by atoms with Gasteiger partial charge in [0, 0.05) is 16.8 Å². The molecule has 34 heavy (non-hydrogen) atoms. The minimum absolute atomic E-state index is 0.333. The van der Waals surface area contributed by atoms with Crippen LogP contribution in [0.2, 0.25) is 0 Å². The lowest BCUT2D eigenvalue weighted by Gasteiger charge is -2.11. The van der Waals surface area contributed by atoms with Crippen LogP contribution in [0.3, 0.4) is 0 Å². The lowest BCUT2D eigenvalue weighted by atomic mass is 10.1. The SMILES string of the molecule is CCOC(=O)c1ccc(Nc2nc(-c3ccc(CC)cc3)nc(-c3ccc(OC)cc3)n2)cc1. The first kappa shape index (κ1) is 22.9. The summed E-state index contributed by atoms with van der Waals surface area (Å²) in [7, 11) is 1.63. The minimum Gasteiger partial charge on any atom is -0.497 e. The molecular formula is C27H26N4O3. The molecule has 0 saturated carbocycles. The van der Waals surface area contributed by atoms with Gasteiger partial charge >= 0.3 is 5.97 Å². The molecule has 0 radical (unpaired) electrons. The van der Waals surface area contributed by atoms with E-state index in [9.17, 15) is 4.79 Å². The van der Waals surface area contributed by atoms with Crippen LogP contribution >= 0.6 is 0 Å². The first-order chi connectivity index (χ1) is 16.6. The Hall–Kier alpha value is -4.26. The molecule has 0 unspecified atom stereocenters. The van der Waals surface area contributed by atoms with E-state index in [-0.39, 0.29) is 5.97 Å². The van der Waals surface area contributed by atoms with Gasteiger partial charge in [-0.1, -0.05) is 31.2 Å². The van der Waals surface area contributed by atoms with E-state index in [2.05, 4.69) is 34.3 Å². The third-order valence-corrected chi connectivity index (χ3v) is 5.26. The molecule has 0 amide bonds. The van der Waals surface area contributed by atoms with Crippen molar-refractivity contribution in [1.29, 1.82) is 0 Å². The molecule has 3 aromatic carbocycles. The second-order valence-corrected chi connectivity index (χ2v) is 7.51. The number of esters is 1. The molecule has 1 heterocycles. The highest BCUT2D eigenvalue weighted by atomic mass is 16.5. The number of carbonyl (C=O) groups excluding carboxylic acids is 1. The molecular weight excluding hydrogens is 428 g/mol. The second kappa shape index (κ2) is 10.6. The molecule has 7 nitrogen and oxygen atoms in total. The van der Waals surface area contributed by atoms with Crippen LogP contribution < -0.4 is 10.1 Å². The standard InChI is InChI=1S/C27H26N4O3/c1-4-18-6-8-19(9-7-18)24-29-25(20-12-16-23(33-3)17-13-20)31-27(30-24)28-22-14-10-21(11-15-22)26(32)34-5-2/h6-17H,4-5H2,1-3H3,(H,28,29,30,31). The smallest absolute Gasteiger partial charge is 0.338 e. The Balaban J connectivity index is 1.69. The van der Waals surface area contributed by atoms with Crippen LogP contribution in [0.4, 0.5) is 11.6 Å². The van der Waals surface area contributed by atoms with Crippen molar-refractivity contribution in [3.8, 4) is 28.5 Å². The number of carbonyl (C=O) groups is 1. The number of hydrogen-bond donors (Lipinski definition) is 1. The molecule has 0 fully saturated rings. The monoisotopic (exact) mass is 454 g/mol. The lowest BCUT2D eigenvalue weighted by Crippen LogP contribution is -2.05. The van der Waals surface area contributed by atoms with Crippen molar-refractivity contribution < 1.29 is 14.3 Å². The molecule has 172 valence electrons. The Morgan fingerprint density at radius 2 is 1.38 bits per heavy atom. The summed E-state index contributed by atoms with van der Waals surface area (Å²) in [4.78, 5) is 25.9. The summed E-state index contributed by atoms with van der Waals surface area (Å²) in [5.74, 6) is 1.91. The van der Waals surface area contributed by atoms with E-state index in [0.29, 0.717) is 29.8 Å². The number of benzene rings is 3. The van der Waals surface area contributed by atoms with Gasteiger partial charge < -0.3 is 14.8 Å². The first-order valence-electron chi connectivity index (χ1n) is 11.1. The van der Waals surface area contributed by atoms with Gasteiger partial charge in [-0.15, -0.1) is 0 Å². The zero-order chi connectivity index (χ0) is 23.9. The predicted molar refractivity (Wildman–Crippen MR) is 132 cm³/mol. The third-order valence-electron chi connectivity index (χ3n) is 5.26. The zero-order valence-corrected chi connectivity index (χ0v) is 19.4. The fraction of sp³-hybridized carbons (Fsp3) is 0.185. The highest BCUT2D eigenvalue weighted by Crippen LogP contribution is 2.25. The molecule has 0 atom stereocenters. The van der Waals surface area contributed by atoms with E-state index < -0.39 is 0 Å². The molecule has 0 bridgehead atoms. The summed E-state index contributed by atoms with van der Waals surface area (Å²) in [6.07, 6.45) is 0.961. The second-order valence-electron chi connectivity index (χ2n) is 7.51. The maximum absolute atomic E-state index is 11.9. The van der Waals surface area contributed by atoms with Crippen LogP contribution in [0.5, 0.6) is 5.75 Å². The summed E-state index contributed by atoms with van der Waals surface area (Å²) < 4.78 is 10.3. The number of nitrogens with zero attached hydrogens (tertiary/aromatic N) is 3. The normalized spacial score (nSPS) is 10.6. The van der Waals surface area contributed by atoms with Crippen molar-refractivity contribution in [3.63, 3.8) is 0 Å². The van der Waals surface area contributed by atoms with Gasteiger partial charge in [0.25, 0.3) is 0 Å². The summed E-state index contributed by atoms with van der Waals surface area (Å²) in [6.45, 7) is 4.23. The lowest BCUT2D eigenvalue weighted by molar-refractivity contribution is 0.0526. The molecule has 1 aromatic heterocycles. The number of methoxy groups -OCH3 is 1. The van der Waals surface area contributed by atoms with Crippen LogP contribution in [0.1, 0.15) is 29.8 Å². The number of rotatable bonds is 8. The van der Waals surface area contributed by atoms with Gasteiger partial charge in [0.05, 0.1) is 19.3 Å². The Kier molecular flexibility index (Phi) is 7.13. The van der Waals surface area contributed by atoms with Crippen LogP contribution in [-0.2, 0) is 11.2 Å². The average molecular weight is 455 g/mol. The molecule has 1 N–H and O–H groups in total. The molecule has 0 aliphatic heterocycles. The van der Waals surface area contributed by atoms with Gasteiger partial charge in [0.1, 0.15) is 5.75 Å². The average Bonchev–Trinajstić information content (AvgIpc) is 2.89. The maximum atomic E-state index is 11.9. The fourth-order valence-corrected chi connectivity index (χ4v) is 3.35. The molecule has 4 aromatic rings. The minimum atomic E-state index is -0.353. The number of hydrogen-bond acceptors (Lipinski definition) is 7. The Bertz CT molecular complexity index is 1190. The van der Waals surface area contributed by atoms with Gasteiger partial charge in [-0.25, -0.2) is 9.78 Å². The van der Waals surface area contributed by atoms with Crippen LogP contribution in [0, 0.1) is 0 Å². The van der Waals surface area contributed by atoms with E-state index in [4.69, 9.17) is 14.5 Å². The molecule has 7 heteroatoms. The summed E-state index contributed by atoms with van der Waals surface area (Å²) >= 11 is 0. The van der Waals surface area contributed by atoms with Crippen LogP contribution in [-0.4, -0.2) is 34.6 Å². The van der Waals surface area contributed by atoms with Gasteiger partial charge in [0.15, 0.2) is 11.6 Å². The maximum Gasteiger partial charge on any atom is 0.338 e. The van der Waals surface area contributed by atoms with Crippen molar-refractivity contribution in [2.75, 3.05) is 19.0 Å². The quantitative estimate of drug-likeness (QED) is 0.342. The Morgan fingerprint density at radius 1 is 0.794 bits per heavy atom. The number of ether oxygens (including phenoxy) is 2. The first-order valence-corrected chi connectivity index (χ1v) is 11.1. The van der Waals surface area contributed by atoms with Crippen molar-refractivity contribution in [1.82, 2.24) is 15.0 Å². The topological polar surface area (TPSA) is 86.2 Å². The third kappa shape index (κ3) is 5.38. The van der Waals surface area contributed by atoms with Crippen molar-refractivity contribution in [3.05, 3.63) is 83.9 Å². The molecule has 0 aliphatic rings. The summed E-state index contributed by atoms with van der Waals surface area (Å²) in [5, 5.41) is 3.23. The van der Waals surface area contributed by atoms with E-state index >= 15 is 0 Å². The number of aromatic nitrogens is 3. The van der Waals surface area contributed by atoms with E-state index in [1.807, 2.05) is 36.4 Å². The van der Waals surface area contributed by atoms with Crippen molar-refractivity contribution >= 4 is 17.6 Å². The molecule has 4 rings (SSSR count). The van der Waals surface area contributed by atoms with Gasteiger partial charge in [-0.3, -0.25) is 0 Å². The van der Waals surface area contributed by atoms with Gasteiger partial charge in [-0.2, -0.15) is 9.97 Å². The zero-order valence-electron chi connectivity index (χ0n) is 19.4. The number of anilines is 2. The number of aryl methyl sites for hydroxylation is 1. The van der Waals surface area contributed by atoms with Gasteiger partial charge in [-0.05, 0) is 67.4 Å². The molecule has 0 aliphatic carbocycles. The molecule has 0 spiro atoms. The Morgan fingerprint density at radius 3 is 1.91 bits per heavy atom. The largest absolute Gasteiger partial charge is 0.497 e. The van der Waals surface area contributed by atoms with Crippen molar-refractivity contribution in [2.45, 2.75) is 20.3 Å². The highest BCUT2D eigenvalue weighted by Gasteiger charge is 2.12. The van der Waals surface area contributed by atoms with E-state index in [1.165, 1.54) is 5.56 Å². The Labute approximate surface area is 198 Å². The van der Waals surface area contributed by atoms with Crippen molar-refractivity contribution in [2.24, 2.45) is 0 Å². The summed E-state index contributed by atoms with van der Waals surface area (Å²) in [6, 6.07) is 22.7. The highest BCUT2D eigenvalue weighted by molar-refractivity contribution is 5.89. The number of nitrogens with one attached hydrogen (secondary N) is 1.